The van der Waals surface area contributed by atoms with Gasteiger partial charge in [0.15, 0.2) is 6.10 Å². The third-order valence-electron chi connectivity index (χ3n) is 1.60. The Morgan fingerprint density at radius 3 is 2.50 bits per heavy atom. The number of aliphatic hydroxyl groups excluding tert-OH is 2. The highest BCUT2D eigenvalue weighted by atomic mass is 16.6. The Kier molecular flexibility index (Phi) is 2.30. The van der Waals surface area contributed by atoms with E-state index in [2.05, 4.69) is 4.74 Å². The van der Waals surface area contributed by atoms with Gasteiger partial charge in [-0.2, -0.15) is 0 Å². The molecule has 1 aliphatic heterocycles. The Bertz CT molecular complexity index is 212. The summed E-state index contributed by atoms with van der Waals surface area (Å²) in [6.07, 6.45) is -4.61. The molecular weight excluding hydrogens is 168 g/mol. The van der Waals surface area contributed by atoms with E-state index in [1.807, 2.05) is 0 Å². The van der Waals surface area contributed by atoms with E-state index in [0.29, 0.717) is 0 Å². The zero-order valence-electron chi connectivity index (χ0n) is 6.01. The van der Waals surface area contributed by atoms with Crippen LogP contribution in [-0.4, -0.2) is 45.6 Å². The van der Waals surface area contributed by atoms with Gasteiger partial charge in [-0.3, -0.25) is 0 Å². The van der Waals surface area contributed by atoms with Crippen LogP contribution in [0.5, 0.6) is 0 Å². The number of hydrogen-bond acceptors (Lipinski definition) is 5. The summed E-state index contributed by atoms with van der Waals surface area (Å²) in [5.74, 6) is -2.42. The van der Waals surface area contributed by atoms with E-state index in [1.165, 1.54) is 0 Å². The topological polar surface area (TPSA) is 104 Å². The molecule has 0 aliphatic carbocycles. The van der Waals surface area contributed by atoms with E-state index in [-0.39, 0.29) is 6.42 Å². The molecular formula is C6H8O6. The Labute approximate surface area is 67.4 Å². The van der Waals surface area contributed by atoms with Crippen molar-refractivity contribution in [3.8, 4) is 0 Å². The summed E-state index contributed by atoms with van der Waals surface area (Å²) >= 11 is 0. The molecule has 0 aromatic carbocycles. The average molecular weight is 176 g/mol. The molecule has 0 spiro atoms. The number of rotatable bonds is 1. The van der Waals surface area contributed by atoms with Crippen molar-refractivity contribution < 1.29 is 29.6 Å². The first-order chi connectivity index (χ1) is 5.52. The maximum Gasteiger partial charge on any atom is 0.345 e. The summed E-state index contributed by atoms with van der Waals surface area (Å²) < 4.78 is 4.28. The molecule has 6 heteroatoms. The van der Waals surface area contributed by atoms with Crippen molar-refractivity contribution in [3.05, 3.63) is 0 Å². The zero-order valence-corrected chi connectivity index (χ0v) is 6.01. The molecule has 3 N–H and O–H groups in total. The van der Waals surface area contributed by atoms with E-state index in [0.717, 1.165) is 0 Å². The van der Waals surface area contributed by atoms with Crippen LogP contribution in [0.25, 0.3) is 0 Å². The van der Waals surface area contributed by atoms with E-state index < -0.39 is 30.3 Å². The predicted molar refractivity (Wildman–Crippen MR) is 34.1 cm³/mol. The maximum absolute atomic E-state index is 10.6. The van der Waals surface area contributed by atoms with Crippen molar-refractivity contribution in [3.63, 3.8) is 0 Å². The van der Waals surface area contributed by atoms with Gasteiger partial charge in [-0.1, -0.05) is 0 Å². The molecule has 0 radical (unpaired) electrons. The third-order valence-corrected chi connectivity index (χ3v) is 1.60. The van der Waals surface area contributed by atoms with Gasteiger partial charge in [0.2, 0.25) is 6.10 Å². The molecule has 1 saturated heterocycles. The molecule has 0 saturated carbocycles. The number of ether oxygens (including phenoxy) is 1. The molecule has 0 aromatic rings. The van der Waals surface area contributed by atoms with Crippen LogP contribution >= 0.6 is 0 Å². The van der Waals surface area contributed by atoms with Crippen molar-refractivity contribution in [2.24, 2.45) is 0 Å². The van der Waals surface area contributed by atoms with Crippen LogP contribution < -0.4 is 0 Å². The second kappa shape index (κ2) is 3.08. The van der Waals surface area contributed by atoms with Gasteiger partial charge in [-0.15, -0.1) is 0 Å². The molecule has 1 rings (SSSR count). The number of aliphatic hydroxyl groups is 2. The fraction of sp³-hybridized carbons (Fsp3) is 0.667. The monoisotopic (exact) mass is 176 g/mol. The van der Waals surface area contributed by atoms with Gasteiger partial charge in [0.1, 0.15) is 0 Å². The molecule has 68 valence electrons. The Morgan fingerprint density at radius 1 is 1.50 bits per heavy atom. The van der Waals surface area contributed by atoms with E-state index >= 15 is 0 Å². The number of esters is 1. The zero-order chi connectivity index (χ0) is 9.30. The largest absolute Gasteiger partial charge is 0.479 e. The second-order valence-electron chi connectivity index (χ2n) is 2.51. The highest BCUT2D eigenvalue weighted by Crippen LogP contribution is 2.15. The minimum Gasteiger partial charge on any atom is -0.479 e. The van der Waals surface area contributed by atoms with Crippen molar-refractivity contribution in [1.82, 2.24) is 0 Å². The first-order valence-electron chi connectivity index (χ1n) is 3.32. The van der Waals surface area contributed by atoms with Gasteiger partial charge in [0.25, 0.3) is 0 Å². The Morgan fingerprint density at radius 2 is 2.08 bits per heavy atom. The van der Waals surface area contributed by atoms with Crippen molar-refractivity contribution >= 4 is 11.9 Å². The Hall–Kier alpha value is -1.14. The van der Waals surface area contributed by atoms with Crippen LogP contribution in [0.1, 0.15) is 6.42 Å². The molecule has 6 nitrogen and oxygen atoms in total. The van der Waals surface area contributed by atoms with Crippen LogP contribution in [0.4, 0.5) is 0 Å². The lowest BCUT2D eigenvalue weighted by Gasteiger charge is -2.26. The fourth-order valence-corrected chi connectivity index (χ4v) is 0.915. The van der Waals surface area contributed by atoms with E-state index in [1.54, 1.807) is 0 Å². The first-order valence-corrected chi connectivity index (χ1v) is 3.32. The normalized spacial score (nSPS) is 35.8. The van der Waals surface area contributed by atoms with Gasteiger partial charge < -0.3 is 20.1 Å². The first kappa shape index (κ1) is 8.95. The van der Waals surface area contributed by atoms with Gasteiger partial charge in [-0.05, 0) is 0 Å². The number of cyclic esters (lactones) is 1. The molecule has 1 fully saturated rings. The molecule has 0 bridgehead atoms. The summed E-state index contributed by atoms with van der Waals surface area (Å²) in [6.45, 7) is 0. The number of aliphatic carboxylic acids is 1. The van der Waals surface area contributed by atoms with Crippen LogP contribution in [0, 0.1) is 0 Å². The van der Waals surface area contributed by atoms with E-state index in [9.17, 15) is 9.59 Å². The molecule has 1 heterocycles. The number of hydrogen-bond donors (Lipinski definition) is 3. The molecule has 3 atom stereocenters. The minimum atomic E-state index is -1.62. The lowest BCUT2D eigenvalue weighted by atomic mass is 10.0. The fourth-order valence-electron chi connectivity index (χ4n) is 0.915. The quantitative estimate of drug-likeness (QED) is 0.403. The Balaban J connectivity index is 2.66. The molecule has 12 heavy (non-hydrogen) atoms. The molecule has 1 aliphatic rings. The minimum absolute atomic E-state index is 0.276. The highest BCUT2D eigenvalue weighted by Gasteiger charge is 2.39. The summed E-state index contributed by atoms with van der Waals surface area (Å²) in [7, 11) is 0. The molecule has 0 amide bonds. The van der Waals surface area contributed by atoms with E-state index in [4.69, 9.17) is 15.3 Å². The number of carboxylic acids is 1. The lowest BCUT2D eigenvalue weighted by molar-refractivity contribution is -0.187. The average Bonchev–Trinajstić information content (AvgIpc) is 1.99. The molecule has 1 unspecified atom stereocenters. The van der Waals surface area contributed by atoms with Crippen LogP contribution in [-0.2, 0) is 14.3 Å². The maximum atomic E-state index is 10.6. The lowest BCUT2D eigenvalue weighted by Crippen LogP contribution is -2.47. The second-order valence-corrected chi connectivity index (χ2v) is 2.51. The third kappa shape index (κ3) is 1.54. The standard InChI is InChI=1S/C6H8O6/c7-2-1-3(5(9)10)12-6(11)4(2)8/h2-4,7-8H,1H2,(H,9,10)/t2-,3?,4+/m1/s1. The highest BCUT2D eigenvalue weighted by molar-refractivity contribution is 5.82. The van der Waals surface area contributed by atoms with Crippen molar-refractivity contribution in [2.75, 3.05) is 0 Å². The molecule has 0 aromatic heterocycles. The van der Waals surface area contributed by atoms with Gasteiger partial charge in [0.05, 0.1) is 6.10 Å². The van der Waals surface area contributed by atoms with Crippen molar-refractivity contribution in [2.45, 2.75) is 24.7 Å². The van der Waals surface area contributed by atoms with Crippen LogP contribution in [0.2, 0.25) is 0 Å². The number of carboxylic acid groups (broad SMARTS) is 1. The van der Waals surface area contributed by atoms with Crippen molar-refractivity contribution in [1.29, 1.82) is 0 Å². The smallest absolute Gasteiger partial charge is 0.345 e. The van der Waals surface area contributed by atoms with Crippen LogP contribution in [0.3, 0.4) is 0 Å². The predicted octanol–water partition coefficient (Wildman–Crippen LogP) is -1.89. The van der Waals surface area contributed by atoms with Gasteiger partial charge in [0, 0.05) is 6.42 Å². The summed E-state index contributed by atoms with van der Waals surface area (Å²) in [5, 5.41) is 26.2. The SMILES string of the molecule is O=C(O)C1C[C@@H](O)[C@H](O)C(=O)O1. The number of carbonyl (C=O) groups excluding carboxylic acids is 1. The number of carbonyl (C=O) groups is 2. The summed E-state index contributed by atoms with van der Waals surface area (Å²) in [4.78, 5) is 20.9. The van der Waals surface area contributed by atoms with Gasteiger partial charge in [-0.25, -0.2) is 9.59 Å². The van der Waals surface area contributed by atoms with Gasteiger partial charge >= 0.3 is 11.9 Å². The summed E-state index contributed by atoms with van der Waals surface area (Å²) in [6, 6.07) is 0. The summed E-state index contributed by atoms with van der Waals surface area (Å²) in [5.41, 5.74) is 0. The van der Waals surface area contributed by atoms with Crippen LogP contribution in [0.15, 0.2) is 0 Å².